The molecule has 1 fully saturated rings. The lowest BCUT2D eigenvalue weighted by Crippen LogP contribution is -2.63. The Morgan fingerprint density at radius 2 is 2.29 bits per heavy atom. The summed E-state index contributed by atoms with van der Waals surface area (Å²) in [7, 11) is 0. The molecule has 0 radical (unpaired) electrons. The molecule has 1 aromatic rings. The second kappa shape index (κ2) is 4.85. The van der Waals surface area contributed by atoms with E-state index in [0.29, 0.717) is 19.6 Å². The fourth-order valence-corrected chi connectivity index (χ4v) is 2.52. The van der Waals surface area contributed by atoms with Gasteiger partial charge >= 0.3 is 0 Å². The van der Waals surface area contributed by atoms with Gasteiger partial charge < -0.3 is 15.8 Å². The van der Waals surface area contributed by atoms with Crippen molar-refractivity contribution in [1.82, 2.24) is 5.32 Å². The number of nitrogens with two attached hydrogens (primary N) is 1. The molecule has 2 rings (SSSR count). The highest BCUT2D eigenvalue weighted by atomic mass is 32.1. The van der Waals surface area contributed by atoms with Crippen LogP contribution in [0.1, 0.15) is 11.3 Å². The van der Waals surface area contributed by atoms with Crippen LogP contribution in [0.25, 0.3) is 0 Å². The molecule has 1 saturated heterocycles. The van der Waals surface area contributed by atoms with Gasteiger partial charge in [-0.15, -0.1) is 11.3 Å². The summed E-state index contributed by atoms with van der Waals surface area (Å²) in [6, 6.07) is 3.81. The van der Waals surface area contributed by atoms with Crippen LogP contribution >= 0.6 is 11.3 Å². The number of carbonyl (C=O) groups excluding carboxylic acids is 2. The van der Waals surface area contributed by atoms with Crippen molar-refractivity contribution in [3.05, 3.63) is 22.4 Å². The van der Waals surface area contributed by atoms with E-state index in [0.717, 1.165) is 4.88 Å². The first-order valence-electron chi connectivity index (χ1n) is 5.29. The van der Waals surface area contributed by atoms with E-state index in [1.165, 1.54) is 11.3 Å². The van der Waals surface area contributed by atoms with E-state index in [9.17, 15) is 9.59 Å². The molecule has 2 heterocycles. The molecule has 0 aliphatic carbocycles. The molecular formula is C11H14N2O3S. The van der Waals surface area contributed by atoms with Crippen LogP contribution in [0.4, 0.5) is 0 Å². The van der Waals surface area contributed by atoms with Crippen LogP contribution in [0.2, 0.25) is 0 Å². The Balaban J connectivity index is 1.90. The normalized spacial score (nSPS) is 17.2. The van der Waals surface area contributed by atoms with Gasteiger partial charge in [0.15, 0.2) is 0 Å². The predicted octanol–water partition coefficient (Wildman–Crippen LogP) is 0.0512. The second-order valence-corrected chi connectivity index (χ2v) is 5.25. The van der Waals surface area contributed by atoms with Crippen molar-refractivity contribution in [3.63, 3.8) is 0 Å². The second-order valence-electron chi connectivity index (χ2n) is 4.22. The van der Waals surface area contributed by atoms with E-state index in [4.69, 9.17) is 10.5 Å². The highest BCUT2D eigenvalue weighted by molar-refractivity contribution is 7.10. The number of ether oxygens (including phenoxy) is 1. The molecule has 1 aliphatic heterocycles. The third-order valence-corrected chi connectivity index (χ3v) is 3.47. The van der Waals surface area contributed by atoms with E-state index >= 15 is 0 Å². The zero-order valence-corrected chi connectivity index (χ0v) is 10.1. The van der Waals surface area contributed by atoms with Gasteiger partial charge in [0.2, 0.25) is 11.8 Å². The third-order valence-electron chi connectivity index (χ3n) is 2.59. The summed E-state index contributed by atoms with van der Waals surface area (Å²) in [4.78, 5) is 23.7. The highest BCUT2D eigenvalue weighted by Gasteiger charge is 2.41. The van der Waals surface area contributed by atoms with Crippen LogP contribution in [0.15, 0.2) is 17.5 Å². The van der Waals surface area contributed by atoms with Gasteiger partial charge in [-0.2, -0.15) is 0 Å². The molecule has 0 saturated carbocycles. The maximum atomic E-state index is 11.8. The van der Waals surface area contributed by atoms with Gasteiger partial charge in [-0.1, -0.05) is 6.07 Å². The van der Waals surface area contributed by atoms with E-state index in [2.05, 4.69) is 5.32 Å². The molecule has 0 atom stereocenters. The first-order chi connectivity index (χ1) is 8.10. The number of thiophene rings is 1. The van der Waals surface area contributed by atoms with Crippen LogP contribution in [0.5, 0.6) is 0 Å². The third kappa shape index (κ3) is 3.04. The molecule has 92 valence electrons. The largest absolute Gasteiger partial charge is 0.376 e. The summed E-state index contributed by atoms with van der Waals surface area (Å²) in [6.07, 6.45) is 0.460. The maximum absolute atomic E-state index is 11.8. The van der Waals surface area contributed by atoms with Crippen molar-refractivity contribution in [2.75, 3.05) is 13.2 Å². The maximum Gasteiger partial charge on any atom is 0.225 e. The molecule has 6 heteroatoms. The summed E-state index contributed by atoms with van der Waals surface area (Å²) >= 11 is 1.53. The van der Waals surface area contributed by atoms with E-state index in [1.54, 1.807) is 0 Å². The topological polar surface area (TPSA) is 81.4 Å². The van der Waals surface area contributed by atoms with E-state index in [1.807, 2.05) is 17.5 Å². The van der Waals surface area contributed by atoms with Crippen molar-refractivity contribution in [2.45, 2.75) is 18.4 Å². The van der Waals surface area contributed by atoms with Gasteiger partial charge in [0.05, 0.1) is 31.6 Å². The highest BCUT2D eigenvalue weighted by Crippen LogP contribution is 2.21. The molecule has 0 spiro atoms. The summed E-state index contributed by atoms with van der Waals surface area (Å²) in [5.74, 6) is -0.526. The Morgan fingerprint density at radius 1 is 1.53 bits per heavy atom. The van der Waals surface area contributed by atoms with E-state index in [-0.39, 0.29) is 12.3 Å². The van der Waals surface area contributed by atoms with Crippen molar-refractivity contribution in [3.8, 4) is 0 Å². The van der Waals surface area contributed by atoms with Gasteiger partial charge in [-0.25, -0.2) is 0 Å². The first-order valence-corrected chi connectivity index (χ1v) is 6.17. The Labute approximate surface area is 103 Å². The van der Waals surface area contributed by atoms with Crippen LogP contribution < -0.4 is 11.1 Å². The first kappa shape index (κ1) is 12.1. The molecule has 17 heavy (non-hydrogen) atoms. The van der Waals surface area contributed by atoms with Crippen LogP contribution in [-0.4, -0.2) is 30.6 Å². The average Bonchev–Trinajstić information content (AvgIpc) is 2.66. The summed E-state index contributed by atoms with van der Waals surface area (Å²) < 4.78 is 5.06. The predicted molar refractivity (Wildman–Crippen MR) is 63.5 cm³/mol. The van der Waals surface area contributed by atoms with Crippen molar-refractivity contribution < 1.29 is 14.3 Å². The lowest BCUT2D eigenvalue weighted by atomic mass is 9.92. The Kier molecular flexibility index (Phi) is 3.44. The average molecular weight is 254 g/mol. The van der Waals surface area contributed by atoms with Gasteiger partial charge in [0, 0.05) is 4.88 Å². The SMILES string of the molecule is NC(=O)CC1(NC(=O)Cc2cccs2)COC1. The summed E-state index contributed by atoms with van der Waals surface area (Å²) in [6.45, 7) is 0.707. The minimum Gasteiger partial charge on any atom is -0.376 e. The Hall–Kier alpha value is -1.40. The number of hydrogen-bond donors (Lipinski definition) is 2. The fourth-order valence-electron chi connectivity index (χ4n) is 1.81. The van der Waals surface area contributed by atoms with Crippen LogP contribution in [0.3, 0.4) is 0 Å². The molecule has 3 N–H and O–H groups in total. The minimum atomic E-state index is -0.583. The smallest absolute Gasteiger partial charge is 0.225 e. The van der Waals surface area contributed by atoms with Crippen LogP contribution in [-0.2, 0) is 20.7 Å². The molecular weight excluding hydrogens is 240 g/mol. The van der Waals surface area contributed by atoms with Gasteiger partial charge in [-0.3, -0.25) is 9.59 Å². The molecule has 1 aromatic heterocycles. The number of primary amides is 1. The molecule has 5 nitrogen and oxygen atoms in total. The lowest BCUT2D eigenvalue weighted by Gasteiger charge is -2.41. The minimum absolute atomic E-state index is 0.1000. The Bertz CT molecular complexity index is 412. The number of nitrogens with one attached hydrogen (secondary N) is 1. The van der Waals surface area contributed by atoms with Gasteiger partial charge in [0.1, 0.15) is 0 Å². The standard InChI is InChI=1S/C11H14N2O3S/c12-9(14)5-11(6-16-7-11)13-10(15)4-8-2-1-3-17-8/h1-3H,4-7H2,(H2,12,14)(H,13,15). The van der Waals surface area contributed by atoms with Gasteiger partial charge in [-0.05, 0) is 11.4 Å². The molecule has 0 aromatic carbocycles. The lowest BCUT2D eigenvalue weighted by molar-refractivity contribution is -0.137. The number of rotatable bonds is 5. The molecule has 2 amide bonds. The van der Waals surface area contributed by atoms with Crippen molar-refractivity contribution in [2.24, 2.45) is 5.73 Å². The monoisotopic (exact) mass is 254 g/mol. The zero-order chi connectivity index (χ0) is 12.3. The number of hydrogen-bond acceptors (Lipinski definition) is 4. The number of carbonyl (C=O) groups is 2. The van der Waals surface area contributed by atoms with E-state index < -0.39 is 11.4 Å². The molecule has 0 unspecified atom stereocenters. The van der Waals surface area contributed by atoms with Gasteiger partial charge in [0.25, 0.3) is 0 Å². The quantitative estimate of drug-likeness (QED) is 0.779. The zero-order valence-electron chi connectivity index (χ0n) is 9.27. The Morgan fingerprint density at radius 3 is 2.76 bits per heavy atom. The van der Waals surface area contributed by atoms with Crippen LogP contribution in [0, 0.1) is 0 Å². The van der Waals surface area contributed by atoms with Crippen molar-refractivity contribution in [1.29, 1.82) is 0 Å². The summed E-state index contributed by atoms with van der Waals surface area (Å²) in [5.41, 5.74) is 4.57. The number of amides is 2. The fraction of sp³-hybridized carbons (Fsp3) is 0.455. The molecule has 1 aliphatic rings. The molecule has 0 bridgehead atoms. The van der Waals surface area contributed by atoms with Crippen molar-refractivity contribution >= 4 is 23.2 Å². The summed E-state index contributed by atoms with van der Waals surface area (Å²) in [5, 5.41) is 4.77.